The van der Waals surface area contributed by atoms with Crippen molar-refractivity contribution in [2.75, 3.05) is 13.2 Å². The van der Waals surface area contributed by atoms with Crippen molar-refractivity contribution >= 4 is 21.8 Å². The van der Waals surface area contributed by atoms with Crippen LogP contribution in [0.15, 0.2) is 22.7 Å². The zero-order chi connectivity index (χ0) is 12.1. The summed E-state index contributed by atoms with van der Waals surface area (Å²) in [6.07, 6.45) is -1.04. The first-order chi connectivity index (χ1) is 7.54. The molecule has 0 spiro atoms. The van der Waals surface area contributed by atoms with Crippen molar-refractivity contribution in [2.45, 2.75) is 6.10 Å². The summed E-state index contributed by atoms with van der Waals surface area (Å²) in [6.45, 7) is -0.575. The highest BCUT2D eigenvalue weighted by atomic mass is 79.9. The van der Waals surface area contributed by atoms with Gasteiger partial charge in [0.25, 0.3) is 5.91 Å². The molecule has 0 heterocycles. The molecule has 0 saturated heterocycles. The minimum absolute atomic E-state index is 0.103. The maximum atomic E-state index is 13.3. The van der Waals surface area contributed by atoms with E-state index < -0.39 is 24.4 Å². The van der Waals surface area contributed by atoms with Gasteiger partial charge in [-0.3, -0.25) is 4.79 Å². The predicted octanol–water partition coefficient (Wildman–Crippen LogP) is 0.671. The van der Waals surface area contributed by atoms with E-state index in [-0.39, 0.29) is 12.1 Å². The van der Waals surface area contributed by atoms with Gasteiger partial charge in [-0.1, -0.05) is 15.9 Å². The molecule has 0 aliphatic rings. The van der Waals surface area contributed by atoms with Crippen LogP contribution in [0.2, 0.25) is 0 Å². The molecule has 0 fully saturated rings. The molecule has 1 unspecified atom stereocenters. The number of benzene rings is 1. The van der Waals surface area contributed by atoms with Gasteiger partial charge >= 0.3 is 0 Å². The summed E-state index contributed by atoms with van der Waals surface area (Å²) in [5, 5.41) is 19.8. The third-order valence-corrected chi connectivity index (χ3v) is 2.38. The average molecular weight is 292 g/mol. The molecule has 4 nitrogen and oxygen atoms in total. The van der Waals surface area contributed by atoms with E-state index in [4.69, 9.17) is 10.2 Å². The number of carbonyl (C=O) groups is 1. The first kappa shape index (κ1) is 13.1. The summed E-state index contributed by atoms with van der Waals surface area (Å²) in [5.74, 6) is -1.28. The number of amides is 1. The molecule has 0 bridgehead atoms. The SMILES string of the molecule is O=C(NCC(O)CO)c1ccc(Br)cc1F. The second-order valence-corrected chi connectivity index (χ2v) is 4.09. The van der Waals surface area contributed by atoms with E-state index in [2.05, 4.69) is 21.2 Å². The number of carbonyl (C=O) groups excluding carboxylic acids is 1. The zero-order valence-corrected chi connectivity index (χ0v) is 9.87. The number of hydrogen-bond acceptors (Lipinski definition) is 3. The highest BCUT2D eigenvalue weighted by Crippen LogP contribution is 2.14. The van der Waals surface area contributed by atoms with Crippen molar-refractivity contribution in [3.63, 3.8) is 0 Å². The Morgan fingerprint density at radius 1 is 1.56 bits per heavy atom. The summed E-state index contributed by atoms with van der Waals surface area (Å²) in [6, 6.07) is 4.05. The van der Waals surface area contributed by atoms with E-state index in [0.29, 0.717) is 4.47 Å². The summed E-state index contributed by atoms with van der Waals surface area (Å²) in [5.41, 5.74) is -0.103. The second-order valence-electron chi connectivity index (χ2n) is 3.17. The molecule has 6 heteroatoms. The lowest BCUT2D eigenvalue weighted by Gasteiger charge is -2.09. The van der Waals surface area contributed by atoms with Gasteiger partial charge in [-0.15, -0.1) is 0 Å². The summed E-state index contributed by atoms with van der Waals surface area (Å²) in [7, 11) is 0. The molecule has 0 saturated carbocycles. The van der Waals surface area contributed by atoms with Crippen LogP contribution >= 0.6 is 15.9 Å². The predicted molar refractivity (Wildman–Crippen MR) is 59.5 cm³/mol. The zero-order valence-electron chi connectivity index (χ0n) is 8.28. The van der Waals surface area contributed by atoms with E-state index in [9.17, 15) is 9.18 Å². The van der Waals surface area contributed by atoms with Crippen molar-refractivity contribution in [2.24, 2.45) is 0 Å². The molecule has 16 heavy (non-hydrogen) atoms. The van der Waals surface area contributed by atoms with Crippen molar-refractivity contribution in [1.29, 1.82) is 0 Å². The molecule has 88 valence electrons. The van der Waals surface area contributed by atoms with Crippen LogP contribution < -0.4 is 5.32 Å². The third kappa shape index (κ3) is 3.55. The molecule has 1 aromatic carbocycles. The van der Waals surface area contributed by atoms with Crippen molar-refractivity contribution < 1.29 is 19.4 Å². The molecular formula is C10H11BrFNO3. The fourth-order valence-electron chi connectivity index (χ4n) is 1.04. The van der Waals surface area contributed by atoms with E-state index >= 15 is 0 Å². The molecule has 1 atom stereocenters. The summed E-state index contributed by atoms with van der Waals surface area (Å²) in [4.78, 5) is 11.4. The van der Waals surface area contributed by atoms with Gasteiger partial charge in [-0.05, 0) is 18.2 Å². The fourth-order valence-corrected chi connectivity index (χ4v) is 1.38. The molecule has 1 amide bonds. The maximum Gasteiger partial charge on any atom is 0.254 e. The van der Waals surface area contributed by atoms with Gasteiger partial charge in [0, 0.05) is 11.0 Å². The average Bonchev–Trinajstić information content (AvgIpc) is 2.25. The number of aliphatic hydroxyl groups is 2. The molecule has 3 N–H and O–H groups in total. The van der Waals surface area contributed by atoms with Crippen molar-refractivity contribution in [3.8, 4) is 0 Å². The number of aliphatic hydroxyl groups excluding tert-OH is 2. The van der Waals surface area contributed by atoms with Crippen LogP contribution in [0, 0.1) is 5.82 Å². The van der Waals surface area contributed by atoms with Crippen LogP contribution in [0.25, 0.3) is 0 Å². The lowest BCUT2D eigenvalue weighted by Crippen LogP contribution is -2.34. The van der Waals surface area contributed by atoms with Crippen LogP contribution in [0.3, 0.4) is 0 Å². The molecule has 0 aromatic heterocycles. The Morgan fingerprint density at radius 3 is 2.81 bits per heavy atom. The lowest BCUT2D eigenvalue weighted by molar-refractivity contribution is 0.0799. The minimum Gasteiger partial charge on any atom is -0.394 e. The fraction of sp³-hybridized carbons (Fsp3) is 0.300. The van der Waals surface area contributed by atoms with Crippen molar-refractivity contribution in [1.82, 2.24) is 5.32 Å². The van der Waals surface area contributed by atoms with Gasteiger partial charge in [0.05, 0.1) is 18.3 Å². The molecular weight excluding hydrogens is 281 g/mol. The van der Waals surface area contributed by atoms with Gasteiger partial charge in [0.1, 0.15) is 5.82 Å². The molecule has 1 rings (SSSR count). The molecule has 0 aliphatic carbocycles. The van der Waals surface area contributed by atoms with Crippen molar-refractivity contribution in [3.05, 3.63) is 34.1 Å². The number of rotatable bonds is 4. The quantitative estimate of drug-likeness (QED) is 0.764. The Balaban J connectivity index is 2.66. The molecule has 0 radical (unpaired) electrons. The van der Waals surface area contributed by atoms with E-state index in [1.165, 1.54) is 12.1 Å². The largest absolute Gasteiger partial charge is 0.394 e. The van der Waals surface area contributed by atoms with Crippen LogP contribution in [0.1, 0.15) is 10.4 Å². The first-order valence-electron chi connectivity index (χ1n) is 4.56. The topological polar surface area (TPSA) is 69.6 Å². The lowest BCUT2D eigenvalue weighted by atomic mass is 10.2. The van der Waals surface area contributed by atoms with Gasteiger partial charge in [0.15, 0.2) is 0 Å². The number of halogens is 2. The standard InChI is InChI=1S/C10H11BrFNO3/c11-6-1-2-8(9(12)3-6)10(16)13-4-7(15)5-14/h1-3,7,14-15H,4-5H2,(H,13,16). The summed E-state index contributed by atoms with van der Waals surface area (Å²) < 4.78 is 13.8. The highest BCUT2D eigenvalue weighted by molar-refractivity contribution is 9.10. The van der Waals surface area contributed by atoms with Crippen LogP contribution in [0.4, 0.5) is 4.39 Å². The monoisotopic (exact) mass is 291 g/mol. The van der Waals surface area contributed by atoms with Gasteiger partial charge in [-0.25, -0.2) is 4.39 Å². The van der Waals surface area contributed by atoms with E-state index in [0.717, 1.165) is 0 Å². The number of nitrogens with one attached hydrogen (secondary N) is 1. The number of hydrogen-bond donors (Lipinski definition) is 3. The van der Waals surface area contributed by atoms with Crippen LogP contribution in [-0.2, 0) is 0 Å². The summed E-state index contributed by atoms with van der Waals surface area (Å²) >= 11 is 3.07. The highest BCUT2D eigenvalue weighted by Gasteiger charge is 2.12. The Hall–Kier alpha value is -0.980. The Morgan fingerprint density at radius 2 is 2.25 bits per heavy atom. The smallest absolute Gasteiger partial charge is 0.254 e. The Labute approximate surface area is 100 Å². The van der Waals surface area contributed by atoms with Crippen LogP contribution in [-0.4, -0.2) is 35.4 Å². The van der Waals surface area contributed by atoms with Gasteiger partial charge in [0.2, 0.25) is 0 Å². The Kier molecular flexibility index (Phi) is 4.85. The van der Waals surface area contributed by atoms with Gasteiger partial charge < -0.3 is 15.5 Å². The molecule has 1 aromatic rings. The minimum atomic E-state index is -1.04. The van der Waals surface area contributed by atoms with Gasteiger partial charge in [-0.2, -0.15) is 0 Å². The van der Waals surface area contributed by atoms with Crippen LogP contribution in [0.5, 0.6) is 0 Å². The maximum absolute atomic E-state index is 13.3. The normalized spacial score (nSPS) is 12.2. The van der Waals surface area contributed by atoms with E-state index in [1.54, 1.807) is 6.07 Å². The third-order valence-electron chi connectivity index (χ3n) is 1.88. The van der Waals surface area contributed by atoms with E-state index in [1.807, 2.05) is 0 Å². The Bertz CT molecular complexity index is 386. The second kappa shape index (κ2) is 5.93. The molecule has 0 aliphatic heterocycles. The first-order valence-corrected chi connectivity index (χ1v) is 5.36.